The van der Waals surface area contributed by atoms with E-state index in [4.69, 9.17) is 19.2 Å². The zero-order valence-corrected chi connectivity index (χ0v) is 36.4. The van der Waals surface area contributed by atoms with Crippen molar-refractivity contribution < 1.29 is 33.4 Å². The van der Waals surface area contributed by atoms with Crippen LogP contribution in [0.1, 0.15) is 71.0 Å². The van der Waals surface area contributed by atoms with Gasteiger partial charge in [0, 0.05) is 93.6 Å². The fraction of sp³-hybridized carbons (Fsp3) is 0.523. The molecule has 2 N–H and O–H groups in total. The predicted molar refractivity (Wildman–Crippen MR) is 235 cm³/mol. The number of hydrogen-bond acceptors (Lipinski definition) is 14. The minimum Gasteiger partial charge on any atom is -0.378 e. The number of piperazine rings is 1. The highest BCUT2D eigenvalue weighted by Crippen LogP contribution is 2.36. The highest BCUT2D eigenvalue weighted by molar-refractivity contribution is 7.99. The molecule has 4 amide bonds. The van der Waals surface area contributed by atoms with Crippen molar-refractivity contribution >= 4 is 63.9 Å². The minimum atomic E-state index is -0.620. The molecule has 3 aliphatic heterocycles. The quantitative estimate of drug-likeness (QED) is 0.0782. The summed E-state index contributed by atoms with van der Waals surface area (Å²) in [6, 6.07) is 11.2. The van der Waals surface area contributed by atoms with Crippen molar-refractivity contribution in [2.75, 3.05) is 102 Å². The van der Waals surface area contributed by atoms with E-state index in [1.54, 1.807) is 47.9 Å². The Bertz CT molecular complexity index is 2220. The molecule has 1 aromatic carbocycles. The van der Waals surface area contributed by atoms with E-state index >= 15 is 0 Å². The van der Waals surface area contributed by atoms with Crippen LogP contribution in [-0.2, 0) is 30.3 Å². The second-order valence-corrected chi connectivity index (χ2v) is 17.4. The second-order valence-electron chi connectivity index (χ2n) is 16.2. The monoisotopic (exact) mass is 868 g/mol. The Labute approximate surface area is 365 Å². The zero-order chi connectivity index (χ0) is 43.0. The molecule has 4 aliphatic rings. The molecule has 2 saturated heterocycles. The third kappa shape index (κ3) is 10.2. The van der Waals surface area contributed by atoms with Gasteiger partial charge in [0.2, 0.25) is 17.8 Å². The lowest BCUT2D eigenvalue weighted by molar-refractivity contribution is -0.136. The van der Waals surface area contributed by atoms with Crippen molar-refractivity contribution in [2.24, 2.45) is 0 Å². The maximum Gasteiger partial charge on any atom is 0.270 e. The standard InChI is InChI=1S/C44H56N10O7S/c1-50(2)43(58)36-26-30-27-46-44(49-40(30)54(36)31-6-3-4-7-31)47-38-12-10-32(28-45-38)52-16-14-51(15-17-52)18-19-59-20-21-60-22-23-61-24-25-62-37-9-5-8-33-34(37)29-53(42(33)57)35-11-13-39(55)48-41(35)56/h5,8-10,12,26-28,31,35H,3-4,6-7,11,13-25,29H2,1-2H3,(H,48,55,56)(H,45,46,47,49). The van der Waals surface area contributed by atoms with Gasteiger partial charge >= 0.3 is 0 Å². The number of amides is 4. The summed E-state index contributed by atoms with van der Waals surface area (Å²) >= 11 is 1.63. The van der Waals surface area contributed by atoms with Crippen LogP contribution < -0.4 is 15.5 Å². The smallest absolute Gasteiger partial charge is 0.270 e. The van der Waals surface area contributed by atoms with Crippen molar-refractivity contribution in [3.63, 3.8) is 0 Å². The molecule has 4 aromatic rings. The third-order valence-electron chi connectivity index (χ3n) is 11.9. The molecule has 3 aromatic heterocycles. The first-order valence-corrected chi connectivity index (χ1v) is 22.6. The maximum atomic E-state index is 13.1. The molecule has 6 heterocycles. The number of ether oxygens (including phenoxy) is 3. The van der Waals surface area contributed by atoms with Gasteiger partial charge in [0.05, 0.1) is 51.5 Å². The zero-order valence-electron chi connectivity index (χ0n) is 35.6. The molecule has 17 nitrogen and oxygen atoms in total. The van der Waals surface area contributed by atoms with Gasteiger partial charge < -0.3 is 38.8 Å². The third-order valence-corrected chi connectivity index (χ3v) is 13.0. The Hall–Kier alpha value is -5.14. The molecule has 1 unspecified atom stereocenters. The van der Waals surface area contributed by atoms with Crippen LogP contribution in [0.15, 0.2) is 53.7 Å². The molecule has 8 rings (SSSR count). The molecule has 0 radical (unpaired) electrons. The Kier molecular flexibility index (Phi) is 14.3. The first-order valence-electron chi connectivity index (χ1n) is 21.7. The topological polar surface area (TPSA) is 177 Å². The number of thioether (sulfide) groups is 1. The summed E-state index contributed by atoms with van der Waals surface area (Å²) in [4.78, 5) is 73.1. The SMILES string of the molecule is CN(C)C(=O)c1cc2cnc(Nc3ccc(N4CCN(CCOCCOCCOCCSc5cccc6c5CN(C5CCC(=O)NC5=O)C6=O)CC4)cn3)nc2n1C1CCCC1. The lowest BCUT2D eigenvalue weighted by Gasteiger charge is -2.35. The number of imide groups is 1. The van der Waals surface area contributed by atoms with E-state index in [1.807, 2.05) is 30.5 Å². The number of rotatable bonds is 19. The molecule has 1 atom stereocenters. The van der Waals surface area contributed by atoms with Crippen LogP contribution in [0.5, 0.6) is 0 Å². The Morgan fingerprint density at radius 3 is 2.39 bits per heavy atom. The summed E-state index contributed by atoms with van der Waals surface area (Å²) in [5.41, 5.74) is 4.05. The lowest BCUT2D eigenvalue weighted by atomic mass is 10.0. The van der Waals surface area contributed by atoms with Crippen molar-refractivity contribution in [1.29, 1.82) is 0 Å². The van der Waals surface area contributed by atoms with Gasteiger partial charge in [-0.2, -0.15) is 4.98 Å². The summed E-state index contributed by atoms with van der Waals surface area (Å²) in [5, 5.41) is 6.48. The Morgan fingerprint density at radius 2 is 1.66 bits per heavy atom. The molecular weight excluding hydrogens is 813 g/mol. The molecule has 1 saturated carbocycles. The fourth-order valence-electron chi connectivity index (χ4n) is 8.62. The van der Waals surface area contributed by atoms with Crippen molar-refractivity contribution in [2.45, 2.75) is 62.0 Å². The van der Waals surface area contributed by atoms with Gasteiger partial charge in [-0.1, -0.05) is 18.9 Å². The summed E-state index contributed by atoms with van der Waals surface area (Å²) < 4.78 is 19.4. The molecule has 3 fully saturated rings. The van der Waals surface area contributed by atoms with Crippen LogP contribution in [0.2, 0.25) is 0 Å². The van der Waals surface area contributed by atoms with Crippen LogP contribution in [0.3, 0.4) is 0 Å². The van der Waals surface area contributed by atoms with E-state index in [0.717, 1.165) is 91.3 Å². The summed E-state index contributed by atoms with van der Waals surface area (Å²) in [5.74, 6) is 0.945. The number of anilines is 3. The van der Waals surface area contributed by atoms with Crippen molar-refractivity contribution in [1.82, 2.24) is 39.5 Å². The van der Waals surface area contributed by atoms with Crippen LogP contribution in [0.4, 0.5) is 17.5 Å². The first-order chi connectivity index (χ1) is 30.2. The number of nitrogens with one attached hydrogen (secondary N) is 2. The van der Waals surface area contributed by atoms with Gasteiger partial charge in [-0.3, -0.25) is 29.4 Å². The predicted octanol–water partition coefficient (Wildman–Crippen LogP) is 4.11. The number of fused-ring (bicyclic) bond motifs is 2. The second kappa shape index (κ2) is 20.4. The number of pyridine rings is 1. The van der Waals surface area contributed by atoms with Crippen molar-refractivity contribution in [3.8, 4) is 0 Å². The number of piperidine rings is 1. The number of hydrogen-bond donors (Lipinski definition) is 2. The van der Waals surface area contributed by atoms with Gasteiger partial charge in [0.25, 0.3) is 11.8 Å². The lowest BCUT2D eigenvalue weighted by Crippen LogP contribution is -2.52. The van der Waals surface area contributed by atoms with Gasteiger partial charge in [0.15, 0.2) is 0 Å². The maximum absolute atomic E-state index is 13.1. The van der Waals surface area contributed by atoms with Crippen LogP contribution >= 0.6 is 11.8 Å². The van der Waals surface area contributed by atoms with E-state index in [2.05, 4.69) is 41.0 Å². The van der Waals surface area contributed by atoms with E-state index in [0.29, 0.717) is 75.6 Å². The van der Waals surface area contributed by atoms with Gasteiger partial charge in [-0.15, -0.1) is 11.8 Å². The van der Waals surface area contributed by atoms with Crippen LogP contribution in [-0.4, -0.2) is 156 Å². The Balaban J connectivity index is 0.677. The summed E-state index contributed by atoms with van der Waals surface area (Å²) in [6.45, 7) is 8.09. The Morgan fingerprint density at radius 1 is 0.903 bits per heavy atom. The molecule has 18 heteroatoms. The molecule has 0 spiro atoms. The minimum absolute atomic E-state index is 0.0281. The summed E-state index contributed by atoms with van der Waals surface area (Å²) in [6.07, 6.45) is 8.63. The van der Waals surface area contributed by atoms with E-state index < -0.39 is 11.9 Å². The number of carbonyl (C=O) groups excluding carboxylic acids is 4. The van der Waals surface area contributed by atoms with Gasteiger partial charge in [-0.25, -0.2) is 9.97 Å². The van der Waals surface area contributed by atoms with Crippen LogP contribution in [0.25, 0.3) is 11.0 Å². The number of aromatic nitrogens is 4. The molecular formula is C44H56N10O7S. The average molecular weight is 869 g/mol. The van der Waals surface area contributed by atoms with Crippen molar-refractivity contribution in [3.05, 3.63) is 65.6 Å². The van der Waals surface area contributed by atoms with Crippen LogP contribution in [0, 0.1) is 0 Å². The molecule has 330 valence electrons. The molecule has 1 aliphatic carbocycles. The normalized spacial score (nSPS) is 18.5. The highest BCUT2D eigenvalue weighted by atomic mass is 32.2. The number of carbonyl (C=O) groups is 4. The van der Waals surface area contributed by atoms with E-state index in [1.165, 1.54) is 0 Å². The largest absolute Gasteiger partial charge is 0.378 e. The molecule has 62 heavy (non-hydrogen) atoms. The van der Waals surface area contributed by atoms with E-state index in [-0.39, 0.29) is 30.2 Å². The summed E-state index contributed by atoms with van der Waals surface area (Å²) in [7, 11) is 3.56. The van der Waals surface area contributed by atoms with Gasteiger partial charge in [-0.05, 0) is 55.2 Å². The van der Waals surface area contributed by atoms with E-state index in [9.17, 15) is 19.2 Å². The fourth-order valence-corrected chi connectivity index (χ4v) is 9.57. The first kappa shape index (κ1) is 43.5. The van der Waals surface area contributed by atoms with Gasteiger partial charge in [0.1, 0.15) is 23.2 Å². The number of benzene rings is 1. The average Bonchev–Trinajstić information content (AvgIpc) is 4.02. The highest BCUT2D eigenvalue weighted by Gasteiger charge is 2.40. The number of nitrogens with zero attached hydrogens (tertiary/aromatic N) is 8. The molecule has 0 bridgehead atoms.